The lowest BCUT2D eigenvalue weighted by molar-refractivity contribution is 0.297. The van der Waals surface area contributed by atoms with Crippen LogP contribution in [0.2, 0.25) is 0 Å². The average Bonchev–Trinajstić information content (AvgIpc) is 2.36. The number of nitrogens with zero attached hydrogens (tertiary/aromatic N) is 2. The molecule has 0 unspecified atom stereocenters. The van der Waals surface area contributed by atoms with Crippen molar-refractivity contribution in [1.29, 1.82) is 0 Å². The Balaban J connectivity index is 2.01. The van der Waals surface area contributed by atoms with Gasteiger partial charge < -0.3 is 10.2 Å². The van der Waals surface area contributed by atoms with Crippen LogP contribution in [0.15, 0.2) is 30.6 Å². The standard InChI is InChI=1S/C11H10F2N4O/c12-7-1-8(13)3-10(2-7)18-6-9-4-16-11(17-14)5-15-9/h1-5H,6,14H2,(H,16,17). The zero-order valence-electron chi connectivity index (χ0n) is 9.23. The summed E-state index contributed by atoms with van der Waals surface area (Å²) < 4.78 is 31.0. The number of rotatable bonds is 4. The molecule has 3 N–H and O–H groups in total. The largest absolute Gasteiger partial charge is 0.487 e. The molecule has 0 radical (unpaired) electrons. The summed E-state index contributed by atoms with van der Waals surface area (Å²) in [5.41, 5.74) is 2.84. The van der Waals surface area contributed by atoms with Crippen molar-refractivity contribution in [2.75, 3.05) is 5.43 Å². The van der Waals surface area contributed by atoms with Gasteiger partial charge in [-0.3, -0.25) is 4.98 Å². The number of ether oxygens (including phenoxy) is 1. The molecule has 0 aliphatic heterocycles. The number of aromatic nitrogens is 2. The highest BCUT2D eigenvalue weighted by Crippen LogP contribution is 2.16. The van der Waals surface area contributed by atoms with E-state index in [1.54, 1.807) is 0 Å². The van der Waals surface area contributed by atoms with Gasteiger partial charge in [-0.1, -0.05) is 0 Å². The van der Waals surface area contributed by atoms with Crippen LogP contribution in [0.3, 0.4) is 0 Å². The second-order valence-corrected chi connectivity index (χ2v) is 3.43. The molecular weight excluding hydrogens is 242 g/mol. The lowest BCUT2D eigenvalue weighted by Crippen LogP contribution is -2.09. The Labute approximate surface area is 102 Å². The second kappa shape index (κ2) is 5.37. The van der Waals surface area contributed by atoms with Gasteiger partial charge in [0.2, 0.25) is 0 Å². The third kappa shape index (κ3) is 3.11. The fourth-order valence-electron chi connectivity index (χ4n) is 1.27. The number of hydrazine groups is 1. The minimum Gasteiger partial charge on any atom is -0.487 e. The summed E-state index contributed by atoms with van der Waals surface area (Å²) in [5, 5.41) is 0. The van der Waals surface area contributed by atoms with Gasteiger partial charge in [0.1, 0.15) is 24.0 Å². The summed E-state index contributed by atoms with van der Waals surface area (Å²) >= 11 is 0. The first-order chi connectivity index (χ1) is 8.67. The topological polar surface area (TPSA) is 73.1 Å². The molecule has 2 rings (SSSR count). The molecule has 0 bridgehead atoms. The third-order valence-corrected chi connectivity index (χ3v) is 2.08. The van der Waals surface area contributed by atoms with Crippen molar-refractivity contribution in [3.05, 3.63) is 47.9 Å². The van der Waals surface area contributed by atoms with Crippen molar-refractivity contribution in [1.82, 2.24) is 9.97 Å². The predicted molar refractivity (Wildman–Crippen MR) is 60.5 cm³/mol. The van der Waals surface area contributed by atoms with Gasteiger partial charge in [-0.15, -0.1) is 0 Å². The van der Waals surface area contributed by atoms with Crippen LogP contribution >= 0.6 is 0 Å². The van der Waals surface area contributed by atoms with Gasteiger partial charge in [-0.05, 0) is 0 Å². The van der Waals surface area contributed by atoms with Crippen LogP contribution in [0.25, 0.3) is 0 Å². The Morgan fingerprint density at radius 1 is 1.11 bits per heavy atom. The molecule has 0 aliphatic carbocycles. The summed E-state index contributed by atoms with van der Waals surface area (Å²) in [5.74, 6) is 4.25. The Bertz CT molecular complexity index is 513. The first-order valence-electron chi connectivity index (χ1n) is 5.04. The highest BCUT2D eigenvalue weighted by atomic mass is 19.1. The smallest absolute Gasteiger partial charge is 0.158 e. The molecule has 18 heavy (non-hydrogen) atoms. The van der Waals surface area contributed by atoms with Crippen LogP contribution in [-0.2, 0) is 6.61 Å². The number of nitrogens with one attached hydrogen (secondary N) is 1. The first kappa shape index (κ1) is 12.2. The van der Waals surface area contributed by atoms with Crippen molar-refractivity contribution < 1.29 is 13.5 Å². The highest BCUT2D eigenvalue weighted by Gasteiger charge is 2.03. The molecule has 0 amide bonds. The van der Waals surface area contributed by atoms with E-state index < -0.39 is 11.6 Å². The van der Waals surface area contributed by atoms with E-state index in [2.05, 4.69) is 15.4 Å². The quantitative estimate of drug-likeness (QED) is 0.639. The van der Waals surface area contributed by atoms with Gasteiger partial charge in [-0.2, -0.15) is 0 Å². The summed E-state index contributed by atoms with van der Waals surface area (Å²) in [6.45, 7) is 0.0563. The molecule has 5 nitrogen and oxygen atoms in total. The molecule has 0 spiro atoms. The molecule has 1 aromatic heterocycles. The summed E-state index contributed by atoms with van der Waals surface area (Å²) in [6.07, 6.45) is 2.87. The van der Waals surface area contributed by atoms with Crippen LogP contribution in [0.4, 0.5) is 14.6 Å². The number of anilines is 1. The van der Waals surface area contributed by atoms with E-state index in [0.717, 1.165) is 18.2 Å². The lowest BCUT2D eigenvalue weighted by atomic mass is 10.3. The summed E-state index contributed by atoms with van der Waals surface area (Å²) in [4.78, 5) is 7.91. The van der Waals surface area contributed by atoms with E-state index in [1.807, 2.05) is 0 Å². The highest BCUT2D eigenvalue weighted by molar-refractivity contribution is 5.28. The monoisotopic (exact) mass is 252 g/mol. The zero-order chi connectivity index (χ0) is 13.0. The van der Waals surface area contributed by atoms with Crippen LogP contribution in [-0.4, -0.2) is 9.97 Å². The van der Waals surface area contributed by atoms with Crippen LogP contribution in [0, 0.1) is 11.6 Å². The Hall–Kier alpha value is -2.28. The van der Waals surface area contributed by atoms with Crippen LogP contribution in [0.5, 0.6) is 5.75 Å². The van der Waals surface area contributed by atoms with Crippen molar-refractivity contribution in [3.8, 4) is 5.75 Å². The molecular formula is C11H10F2N4O. The van der Waals surface area contributed by atoms with E-state index in [0.29, 0.717) is 11.5 Å². The van der Waals surface area contributed by atoms with Crippen LogP contribution < -0.4 is 16.0 Å². The van der Waals surface area contributed by atoms with Crippen molar-refractivity contribution >= 4 is 5.82 Å². The maximum Gasteiger partial charge on any atom is 0.158 e. The number of benzene rings is 1. The second-order valence-electron chi connectivity index (χ2n) is 3.43. The fraction of sp³-hybridized carbons (Fsp3) is 0.0909. The molecule has 0 saturated carbocycles. The molecule has 1 heterocycles. The molecule has 0 saturated heterocycles. The van der Waals surface area contributed by atoms with Crippen molar-refractivity contribution in [2.45, 2.75) is 6.61 Å². The van der Waals surface area contributed by atoms with Crippen molar-refractivity contribution in [2.24, 2.45) is 5.84 Å². The first-order valence-corrected chi connectivity index (χ1v) is 5.04. The minimum absolute atomic E-state index is 0.0563. The van der Waals surface area contributed by atoms with E-state index in [9.17, 15) is 8.78 Å². The van der Waals surface area contributed by atoms with E-state index in [1.165, 1.54) is 12.4 Å². The van der Waals surface area contributed by atoms with E-state index in [4.69, 9.17) is 10.6 Å². The van der Waals surface area contributed by atoms with E-state index >= 15 is 0 Å². The molecule has 7 heteroatoms. The molecule has 0 aliphatic rings. The van der Waals surface area contributed by atoms with Gasteiger partial charge in [0.05, 0.1) is 18.1 Å². The number of hydrogen-bond donors (Lipinski definition) is 2. The molecule has 0 atom stereocenters. The van der Waals surface area contributed by atoms with Gasteiger partial charge in [-0.25, -0.2) is 19.6 Å². The summed E-state index contributed by atoms with van der Waals surface area (Å²) in [7, 11) is 0. The van der Waals surface area contributed by atoms with E-state index in [-0.39, 0.29) is 12.4 Å². The molecule has 1 aromatic carbocycles. The fourth-order valence-corrected chi connectivity index (χ4v) is 1.27. The van der Waals surface area contributed by atoms with Crippen molar-refractivity contribution in [3.63, 3.8) is 0 Å². The Morgan fingerprint density at radius 3 is 2.39 bits per heavy atom. The minimum atomic E-state index is -0.696. The lowest BCUT2D eigenvalue weighted by Gasteiger charge is -2.06. The van der Waals surface area contributed by atoms with Gasteiger partial charge >= 0.3 is 0 Å². The Kier molecular flexibility index (Phi) is 3.63. The third-order valence-electron chi connectivity index (χ3n) is 2.08. The van der Waals surface area contributed by atoms with Gasteiger partial charge in [0, 0.05) is 18.2 Å². The van der Waals surface area contributed by atoms with Gasteiger partial charge in [0.25, 0.3) is 0 Å². The summed E-state index contributed by atoms with van der Waals surface area (Å²) in [6, 6.07) is 2.95. The average molecular weight is 252 g/mol. The molecule has 94 valence electrons. The number of nitrogens with two attached hydrogens (primary N) is 1. The Morgan fingerprint density at radius 2 is 1.83 bits per heavy atom. The normalized spacial score (nSPS) is 10.2. The molecule has 0 fully saturated rings. The maximum absolute atomic E-state index is 12.9. The van der Waals surface area contributed by atoms with Gasteiger partial charge in [0.15, 0.2) is 5.82 Å². The molecule has 2 aromatic rings. The van der Waals surface area contributed by atoms with Crippen LogP contribution in [0.1, 0.15) is 5.69 Å². The number of nitrogen functional groups attached to an aromatic ring is 1. The SMILES string of the molecule is NNc1cnc(COc2cc(F)cc(F)c2)cn1. The number of halogens is 2. The predicted octanol–water partition coefficient (Wildman–Crippen LogP) is 1.62. The number of hydrogen-bond acceptors (Lipinski definition) is 5. The maximum atomic E-state index is 12.9. The zero-order valence-corrected chi connectivity index (χ0v) is 9.23.